The Morgan fingerprint density at radius 2 is 1.83 bits per heavy atom. The number of amides is 1. The topological polar surface area (TPSA) is 64.4 Å². The van der Waals surface area contributed by atoms with E-state index in [9.17, 15) is 4.79 Å². The van der Waals surface area contributed by atoms with Gasteiger partial charge in [-0.05, 0) is 63.6 Å². The van der Waals surface area contributed by atoms with Crippen LogP contribution in [0.15, 0.2) is 57.8 Å². The van der Waals surface area contributed by atoms with E-state index in [1.54, 1.807) is 23.9 Å². The molecule has 0 aliphatic heterocycles. The molecule has 30 heavy (non-hydrogen) atoms. The van der Waals surface area contributed by atoms with Crippen LogP contribution < -0.4 is 5.32 Å². The van der Waals surface area contributed by atoms with Crippen molar-refractivity contribution in [1.29, 1.82) is 0 Å². The zero-order chi connectivity index (χ0) is 21.3. The molecule has 0 radical (unpaired) electrons. The van der Waals surface area contributed by atoms with Crippen LogP contribution in [0.25, 0.3) is 11.5 Å². The summed E-state index contributed by atoms with van der Waals surface area (Å²) in [6, 6.07) is 15.8. The summed E-state index contributed by atoms with van der Waals surface area (Å²) in [4.78, 5) is 18.1. The molecule has 2 aromatic carbocycles. The Morgan fingerprint density at radius 1 is 1.10 bits per heavy atom. The van der Waals surface area contributed by atoms with Gasteiger partial charge >= 0.3 is 0 Å². The number of aryl methyl sites for hydroxylation is 2. The van der Waals surface area contributed by atoms with Gasteiger partial charge in [-0.15, -0.1) is 11.8 Å². The van der Waals surface area contributed by atoms with E-state index in [0.717, 1.165) is 29.2 Å². The summed E-state index contributed by atoms with van der Waals surface area (Å²) in [6.45, 7) is 7.93. The number of benzene rings is 2. The van der Waals surface area contributed by atoms with Gasteiger partial charge in [0.25, 0.3) is 5.91 Å². The molecule has 0 saturated carbocycles. The van der Waals surface area contributed by atoms with Crippen LogP contribution in [0.5, 0.6) is 0 Å². The van der Waals surface area contributed by atoms with Gasteiger partial charge in [0.15, 0.2) is 0 Å². The van der Waals surface area contributed by atoms with Gasteiger partial charge in [-0.25, -0.2) is 4.98 Å². The number of nitrogens with one attached hydrogen (secondary N) is 1. The molecule has 5 nitrogen and oxygen atoms in total. The molecule has 0 spiro atoms. The van der Waals surface area contributed by atoms with Gasteiger partial charge in [-0.2, -0.15) is 0 Å². The normalized spacial score (nSPS) is 10.9. The fourth-order valence-electron chi connectivity index (χ4n) is 2.86. The van der Waals surface area contributed by atoms with Gasteiger partial charge in [0.05, 0.1) is 5.69 Å². The number of rotatable bonds is 10. The summed E-state index contributed by atoms with van der Waals surface area (Å²) in [5.74, 6) is 2.06. The van der Waals surface area contributed by atoms with E-state index >= 15 is 0 Å². The van der Waals surface area contributed by atoms with Gasteiger partial charge in [0.2, 0.25) is 5.89 Å². The first kappa shape index (κ1) is 22.1. The van der Waals surface area contributed by atoms with Crippen molar-refractivity contribution in [1.82, 2.24) is 10.3 Å². The summed E-state index contributed by atoms with van der Waals surface area (Å²) in [7, 11) is 0. The van der Waals surface area contributed by atoms with E-state index in [4.69, 9.17) is 9.15 Å². The van der Waals surface area contributed by atoms with Crippen LogP contribution in [-0.4, -0.2) is 30.6 Å². The van der Waals surface area contributed by atoms with Crippen LogP contribution in [0.2, 0.25) is 0 Å². The molecule has 0 fully saturated rings. The Hall–Kier alpha value is -2.57. The number of aromatic nitrogens is 1. The monoisotopic (exact) mass is 424 g/mol. The number of thioether (sulfide) groups is 1. The molecule has 1 heterocycles. The van der Waals surface area contributed by atoms with Crippen molar-refractivity contribution in [3.05, 3.63) is 71.1 Å². The second-order valence-electron chi connectivity index (χ2n) is 7.01. The summed E-state index contributed by atoms with van der Waals surface area (Å²) in [5.41, 5.74) is 3.67. The Bertz CT molecular complexity index is 950. The molecule has 0 bridgehead atoms. The van der Waals surface area contributed by atoms with E-state index in [-0.39, 0.29) is 5.91 Å². The fraction of sp³-hybridized carbons (Fsp3) is 0.333. The van der Waals surface area contributed by atoms with Crippen molar-refractivity contribution in [3.8, 4) is 11.5 Å². The first-order chi connectivity index (χ1) is 14.6. The van der Waals surface area contributed by atoms with Crippen molar-refractivity contribution >= 4 is 17.7 Å². The van der Waals surface area contributed by atoms with Crippen LogP contribution in [0.4, 0.5) is 0 Å². The molecule has 0 saturated heterocycles. The minimum atomic E-state index is -0.0863. The van der Waals surface area contributed by atoms with Crippen molar-refractivity contribution in [3.63, 3.8) is 0 Å². The highest BCUT2D eigenvalue weighted by molar-refractivity contribution is 7.98. The van der Waals surface area contributed by atoms with Crippen LogP contribution in [0.1, 0.15) is 40.7 Å². The Balaban J connectivity index is 1.57. The first-order valence-corrected chi connectivity index (χ1v) is 11.2. The lowest BCUT2D eigenvalue weighted by atomic mass is 10.1. The van der Waals surface area contributed by atoms with Gasteiger partial charge < -0.3 is 14.5 Å². The first-order valence-electron chi connectivity index (χ1n) is 10.2. The van der Waals surface area contributed by atoms with Crippen LogP contribution >= 0.6 is 11.8 Å². The highest BCUT2D eigenvalue weighted by atomic mass is 32.2. The molecular weight excluding hydrogens is 396 g/mol. The van der Waals surface area contributed by atoms with Gasteiger partial charge in [-0.3, -0.25) is 4.79 Å². The molecule has 0 unspecified atom stereocenters. The number of carbonyl (C=O) groups excluding carboxylic acids is 1. The summed E-state index contributed by atoms with van der Waals surface area (Å²) in [6.07, 6.45) is 0.802. The van der Waals surface area contributed by atoms with Crippen LogP contribution in [-0.2, 0) is 10.5 Å². The largest absolute Gasteiger partial charge is 0.441 e. The molecule has 3 rings (SSSR count). The SMILES string of the molecule is CCOCCCNC(=O)c1ccc(-c2nc(CSc3ccc(C)cc3)c(C)o2)cc1. The molecule has 0 aliphatic carbocycles. The summed E-state index contributed by atoms with van der Waals surface area (Å²) >= 11 is 1.74. The fourth-order valence-corrected chi connectivity index (χ4v) is 3.76. The molecule has 1 aromatic heterocycles. The maximum Gasteiger partial charge on any atom is 0.251 e. The zero-order valence-corrected chi connectivity index (χ0v) is 18.6. The van der Waals surface area contributed by atoms with Crippen molar-refractivity contribution in [2.75, 3.05) is 19.8 Å². The van der Waals surface area contributed by atoms with E-state index in [1.165, 1.54) is 10.5 Å². The van der Waals surface area contributed by atoms with Gasteiger partial charge in [0, 0.05) is 41.5 Å². The Morgan fingerprint density at radius 3 is 2.53 bits per heavy atom. The highest BCUT2D eigenvalue weighted by Gasteiger charge is 2.13. The predicted molar refractivity (Wildman–Crippen MR) is 121 cm³/mol. The Labute approximate surface area is 182 Å². The van der Waals surface area contributed by atoms with E-state index in [0.29, 0.717) is 31.2 Å². The number of hydrogen-bond donors (Lipinski definition) is 1. The van der Waals surface area contributed by atoms with E-state index < -0.39 is 0 Å². The molecule has 3 aromatic rings. The number of nitrogens with zero attached hydrogens (tertiary/aromatic N) is 1. The molecule has 0 aliphatic rings. The lowest BCUT2D eigenvalue weighted by molar-refractivity contribution is 0.0944. The Kier molecular flexibility index (Phi) is 8.11. The minimum absolute atomic E-state index is 0.0863. The third-order valence-electron chi connectivity index (χ3n) is 4.64. The van der Waals surface area contributed by atoms with Crippen molar-refractivity contribution in [2.24, 2.45) is 0 Å². The second-order valence-corrected chi connectivity index (χ2v) is 8.06. The van der Waals surface area contributed by atoms with E-state index in [1.807, 2.05) is 26.0 Å². The molecule has 0 atom stereocenters. The molecular formula is C24H28N2O3S. The second kappa shape index (κ2) is 11.0. The van der Waals surface area contributed by atoms with Crippen molar-refractivity contribution in [2.45, 2.75) is 37.8 Å². The maximum atomic E-state index is 12.2. The summed E-state index contributed by atoms with van der Waals surface area (Å²) < 4.78 is 11.1. The minimum Gasteiger partial charge on any atom is -0.441 e. The third kappa shape index (κ3) is 6.21. The van der Waals surface area contributed by atoms with Gasteiger partial charge in [0.1, 0.15) is 5.76 Å². The summed E-state index contributed by atoms with van der Waals surface area (Å²) in [5, 5.41) is 2.91. The number of hydrogen-bond acceptors (Lipinski definition) is 5. The standard InChI is InChI=1S/C24H28N2O3S/c1-4-28-15-5-14-25-23(27)19-8-10-20(11-9-19)24-26-22(18(3)29-24)16-30-21-12-6-17(2)7-13-21/h6-13H,4-5,14-16H2,1-3H3,(H,25,27). The predicted octanol–water partition coefficient (Wildman–Crippen LogP) is 5.41. The average Bonchev–Trinajstić information content (AvgIpc) is 3.13. The molecule has 1 amide bonds. The lowest BCUT2D eigenvalue weighted by Gasteiger charge is -2.05. The lowest BCUT2D eigenvalue weighted by Crippen LogP contribution is -2.25. The smallest absolute Gasteiger partial charge is 0.251 e. The average molecular weight is 425 g/mol. The third-order valence-corrected chi connectivity index (χ3v) is 5.66. The van der Waals surface area contributed by atoms with E-state index in [2.05, 4.69) is 41.5 Å². The quantitative estimate of drug-likeness (QED) is 0.348. The number of oxazole rings is 1. The van der Waals surface area contributed by atoms with Crippen molar-refractivity contribution < 1.29 is 13.9 Å². The number of ether oxygens (including phenoxy) is 1. The maximum absolute atomic E-state index is 12.2. The zero-order valence-electron chi connectivity index (χ0n) is 17.7. The van der Waals surface area contributed by atoms with Gasteiger partial charge in [-0.1, -0.05) is 17.7 Å². The molecule has 158 valence electrons. The number of carbonyl (C=O) groups is 1. The van der Waals surface area contributed by atoms with Crippen LogP contribution in [0, 0.1) is 13.8 Å². The molecule has 6 heteroatoms. The highest BCUT2D eigenvalue weighted by Crippen LogP contribution is 2.28. The van der Waals surface area contributed by atoms with Crippen LogP contribution in [0.3, 0.4) is 0 Å². The molecule has 1 N–H and O–H groups in total.